The zero-order valence-corrected chi connectivity index (χ0v) is 14.7. The van der Waals surface area contributed by atoms with Gasteiger partial charge in [-0.1, -0.05) is 27.5 Å². The van der Waals surface area contributed by atoms with Crippen LogP contribution in [0.5, 0.6) is 0 Å². The molecule has 2 heterocycles. The fraction of sp³-hybridized carbons (Fsp3) is 0.0769. The predicted octanol–water partition coefficient (Wildman–Crippen LogP) is 3.24. The first-order valence-corrected chi connectivity index (χ1v) is 8.88. The van der Waals surface area contributed by atoms with E-state index in [4.69, 9.17) is 17.3 Å². The Kier molecular flexibility index (Phi) is 3.81. The summed E-state index contributed by atoms with van der Waals surface area (Å²) in [4.78, 5) is 9.83. The molecule has 0 unspecified atom stereocenters. The van der Waals surface area contributed by atoms with Gasteiger partial charge in [0.05, 0.1) is 0 Å². The molecular weight excluding hydrogens is 411 g/mol. The summed E-state index contributed by atoms with van der Waals surface area (Å²) in [5.74, 6) is -0.802. The van der Waals surface area contributed by atoms with Crippen LogP contribution < -0.4 is 5.73 Å². The van der Waals surface area contributed by atoms with E-state index in [1.54, 1.807) is 6.92 Å². The lowest BCUT2D eigenvalue weighted by Gasteiger charge is -2.06. The molecule has 0 bridgehead atoms. The Balaban J connectivity index is 2.37. The van der Waals surface area contributed by atoms with Gasteiger partial charge in [-0.25, -0.2) is 22.8 Å². The first-order chi connectivity index (χ1) is 10.7. The fourth-order valence-electron chi connectivity index (χ4n) is 2.21. The number of rotatable bonds is 2. The largest absolute Gasteiger partial charge is 0.384 e. The lowest BCUT2D eigenvalue weighted by Crippen LogP contribution is -2.07. The van der Waals surface area contributed by atoms with Gasteiger partial charge in [-0.2, -0.15) is 0 Å². The van der Waals surface area contributed by atoms with Crippen LogP contribution in [0.1, 0.15) is 5.82 Å². The second-order valence-electron chi connectivity index (χ2n) is 4.73. The van der Waals surface area contributed by atoms with E-state index in [2.05, 4.69) is 30.9 Å². The number of H-pyrrole nitrogens is 1. The van der Waals surface area contributed by atoms with Gasteiger partial charge < -0.3 is 10.7 Å². The van der Waals surface area contributed by atoms with E-state index in [9.17, 15) is 12.8 Å². The summed E-state index contributed by atoms with van der Waals surface area (Å²) >= 11 is 9.06. The first-order valence-electron chi connectivity index (χ1n) is 6.23. The van der Waals surface area contributed by atoms with Gasteiger partial charge in [0.25, 0.3) is 0 Å². The molecule has 3 rings (SSSR count). The fourth-order valence-corrected chi connectivity index (χ4v) is 4.33. The number of nitrogen functional groups attached to an aromatic ring is 1. The number of benzene rings is 1. The molecule has 0 fully saturated rings. The van der Waals surface area contributed by atoms with Gasteiger partial charge in [0.1, 0.15) is 38.3 Å². The minimum atomic E-state index is -4.23. The van der Waals surface area contributed by atoms with Crippen LogP contribution in [0.15, 0.2) is 32.5 Å². The monoisotopic (exact) mass is 418 g/mol. The molecule has 120 valence electrons. The SMILES string of the molecule is Cc1nc(Cl)c2[nH]c(N)c(S(=O)(=O)c3ccc(Br)cc3F)c2n1. The number of nitrogens with zero attached hydrogens (tertiary/aromatic N) is 2. The molecule has 6 nitrogen and oxygen atoms in total. The number of hydrogen-bond donors (Lipinski definition) is 2. The molecular formula is C13H9BrClFN4O2S. The average molecular weight is 420 g/mol. The molecule has 0 saturated carbocycles. The molecule has 1 aromatic carbocycles. The summed E-state index contributed by atoms with van der Waals surface area (Å²) in [7, 11) is -4.23. The molecule has 0 saturated heterocycles. The molecule has 0 amide bonds. The van der Waals surface area contributed by atoms with E-state index >= 15 is 0 Å². The van der Waals surface area contributed by atoms with Crippen LogP contribution >= 0.6 is 27.5 Å². The number of fused-ring (bicyclic) bond motifs is 1. The third-order valence-corrected chi connectivity index (χ3v) is 5.78. The van der Waals surface area contributed by atoms with E-state index in [1.807, 2.05) is 0 Å². The van der Waals surface area contributed by atoms with Crippen molar-refractivity contribution < 1.29 is 12.8 Å². The van der Waals surface area contributed by atoms with Crippen LogP contribution in [0.3, 0.4) is 0 Å². The smallest absolute Gasteiger partial charge is 0.215 e. The Hall–Kier alpha value is -1.71. The second kappa shape index (κ2) is 5.43. The molecule has 0 spiro atoms. The van der Waals surface area contributed by atoms with Gasteiger partial charge in [0.15, 0.2) is 5.15 Å². The van der Waals surface area contributed by atoms with Gasteiger partial charge in [-0.15, -0.1) is 0 Å². The number of hydrogen-bond acceptors (Lipinski definition) is 5. The van der Waals surface area contributed by atoms with Gasteiger partial charge in [-0.3, -0.25) is 0 Å². The summed E-state index contributed by atoms with van der Waals surface area (Å²) in [5.41, 5.74) is 6.00. The maximum Gasteiger partial charge on any atom is 0.215 e. The summed E-state index contributed by atoms with van der Waals surface area (Å²) < 4.78 is 40.2. The summed E-state index contributed by atoms with van der Waals surface area (Å²) in [6.45, 7) is 1.56. The summed E-state index contributed by atoms with van der Waals surface area (Å²) in [6, 6.07) is 3.64. The van der Waals surface area contributed by atoms with E-state index in [0.29, 0.717) is 4.47 Å². The third kappa shape index (κ3) is 2.58. The Labute approximate surface area is 143 Å². The van der Waals surface area contributed by atoms with E-state index in [-0.39, 0.29) is 32.7 Å². The van der Waals surface area contributed by atoms with Crippen molar-refractivity contribution in [1.29, 1.82) is 0 Å². The van der Waals surface area contributed by atoms with Crippen molar-refractivity contribution in [3.8, 4) is 0 Å². The highest BCUT2D eigenvalue weighted by molar-refractivity contribution is 9.10. The van der Waals surface area contributed by atoms with Crippen molar-refractivity contribution in [1.82, 2.24) is 15.0 Å². The number of halogens is 3. The molecule has 0 aliphatic heterocycles. The molecule has 10 heteroatoms. The van der Waals surface area contributed by atoms with Crippen LogP contribution in [0.2, 0.25) is 5.15 Å². The van der Waals surface area contributed by atoms with Crippen LogP contribution in [0.4, 0.5) is 10.2 Å². The Morgan fingerprint density at radius 3 is 2.70 bits per heavy atom. The molecule has 2 aromatic heterocycles. The number of nitrogens with one attached hydrogen (secondary N) is 1. The first kappa shape index (κ1) is 16.2. The maximum absolute atomic E-state index is 14.1. The number of sulfone groups is 1. The van der Waals surface area contributed by atoms with Crippen LogP contribution in [0.25, 0.3) is 11.0 Å². The molecule has 0 aliphatic carbocycles. The van der Waals surface area contributed by atoms with Crippen molar-refractivity contribution >= 4 is 54.2 Å². The highest BCUT2D eigenvalue weighted by atomic mass is 79.9. The molecule has 3 N–H and O–H groups in total. The quantitative estimate of drug-likeness (QED) is 0.621. The Morgan fingerprint density at radius 1 is 1.35 bits per heavy atom. The lowest BCUT2D eigenvalue weighted by molar-refractivity contribution is 0.567. The zero-order chi connectivity index (χ0) is 16.9. The van der Waals surface area contributed by atoms with Crippen molar-refractivity contribution in [2.45, 2.75) is 16.7 Å². The normalized spacial score (nSPS) is 12.0. The van der Waals surface area contributed by atoms with Gasteiger partial charge >= 0.3 is 0 Å². The number of nitrogens with two attached hydrogens (primary N) is 1. The highest BCUT2D eigenvalue weighted by Crippen LogP contribution is 2.35. The minimum absolute atomic E-state index is 0.0299. The van der Waals surface area contributed by atoms with E-state index < -0.39 is 20.5 Å². The molecule has 0 aliphatic rings. The molecule has 0 atom stereocenters. The van der Waals surface area contributed by atoms with Crippen LogP contribution in [0, 0.1) is 12.7 Å². The van der Waals surface area contributed by atoms with Crippen molar-refractivity contribution in [3.63, 3.8) is 0 Å². The molecule has 0 radical (unpaired) electrons. The predicted molar refractivity (Wildman–Crippen MR) is 87.6 cm³/mol. The second-order valence-corrected chi connectivity index (χ2v) is 7.86. The zero-order valence-electron chi connectivity index (χ0n) is 11.6. The third-order valence-electron chi connectivity index (χ3n) is 3.15. The molecule has 23 heavy (non-hydrogen) atoms. The van der Waals surface area contributed by atoms with Crippen LogP contribution in [-0.4, -0.2) is 23.4 Å². The number of aryl methyl sites for hydroxylation is 1. The lowest BCUT2D eigenvalue weighted by atomic mass is 10.3. The average Bonchev–Trinajstić information content (AvgIpc) is 2.75. The molecule has 3 aromatic rings. The van der Waals surface area contributed by atoms with Crippen LogP contribution in [-0.2, 0) is 9.84 Å². The van der Waals surface area contributed by atoms with Gasteiger partial charge in [0, 0.05) is 4.47 Å². The Morgan fingerprint density at radius 2 is 2.04 bits per heavy atom. The topological polar surface area (TPSA) is 102 Å². The van der Waals surface area contributed by atoms with E-state index in [0.717, 1.165) is 12.1 Å². The van der Waals surface area contributed by atoms with E-state index in [1.165, 1.54) is 6.07 Å². The standard InChI is InChI=1S/C13H9BrClFN4O2S/c1-5-18-9-10(12(15)19-5)20-13(17)11(9)23(21,22)8-3-2-6(14)4-7(8)16/h2-4,20H,17H2,1H3. The minimum Gasteiger partial charge on any atom is -0.384 e. The number of aromatic amines is 1. The van der Waals surface area contributed by atoms with Crippen molar-refractivity contribution in [2.24, 2.45) is 0 Å². The van der Waals surface area contributed by atoms with Gasteiger partial charge in [-0.05, 0) is 25.1 Å². The summed E-state index contributed by atoms with van der Waals surface area (Å²) in [5, 5.41) is 0.0388. The van der Waals surface area contributed by atoms with Gasteiger partial charge in [0.2, 0.25) is 9.84 Å². The highest BCUT2D eigenvalue weighted by Gasteiger charge is 2.30. The Bertz CT molecular complexity index is 1050. The van der Waals surface area contributed by atoms with Crippen molar-refractivity contribution in [2.75, 3.05) is 5.73 Å². The van der Waals surface area contributed by atoms with Crippen molar-refractivity contribution in [3.05, 3.63) is 39.5 Å². The number of aromatic nitrogens is 3. The maximum atomic E-state index is 14.1. The summed E-state index contributed by atoms with van der Waals surface area (Å²) in [6.07, 6.45) is 0. The number of anilines is 1.